The van der Waals surface area contributed by atoms with Gasteiger partial charge in [-0.25, -0.2) is 0 Å². The van der Waals surface area contributed by atoms with Crippen molar-refractivity contribution in [3.63, 3.8) is 0 Å². The number of carbonyl (C=O) groups excluding carboxylic acids is 1. The summed E-state index contributed by atoms with van der Waals surface area (Å²) in [6, 6.07) is 0. The van der Waals surface area contributed by atoms with Crippen LogP contribution in [0.5, 0.6) is 0 Å². The molecule has 0 unspecified atom stereocenters. The SMILES string of the molecule is CCC/C=C\C1=CCC=C(C(=O)COCC)N1COC. The number of unbranched alkanes of at least 4 members (excludes halogenated alkanes) is 1. The second-order valence-corrected chi connectivity index (χ2v) is 4.55. The highest BCUT2D eigenvalue weighted by Gasteiger charge is 2.21. The van der Waals surface area contributed by atoms with Crippen LogP contribution in [0.1, 0.15) is 33.1 Å². The van der Waals surface area contributed by atoms with Gasteiger partial charge < -0.3 is 14.4 Å². The van der Waals surface area contributed by atoms with E-state index in [1.165, 1.54) is 0 Å². The molecule has 0 aliphatic carbocycles. The molecule has 1 aliphatic rings. The van der Waals surface area contributed by atoms with Crippen LogP contribution in [0.3, 0.4) is 0 Å². The van der Waals surface area contributed by atoms with E-state index in [4.69, 9.17) is 9.47 Å². The van der Waals surface area contributed by atoms with Crippen LogP contribution in [0.4, 0.5) is 0 Å². The van der Waals surface area contributed by atoms with Crippen molar-refractivity contribution in [3.05, 3.63) is 35.7 Å². The van der Waals surface area contributed by atoms with Crippen LogP contribution in [-0.2, 0) is 14.3 Å². The van der Waals surface area contributed by atoms with Crippen LogP contribution < -0.4 is 0 Å². The molecule has 0 saturated heterocycles. The zero-order valence-electron chi connectivity index (χ0n) is 12.7. The van der Waals surface area contributed by atoms with Crippen LogP contribution >= 0.6 is 0 Å². The summed E-state index contributed by atoms with van der Waals surface area (Å²) in [5.41, 5.74) is 1.68. The third kappa shape index (κ3) is 4.94. The van der Waals surface area contributed by atoms with Crippen molar-refractivity contribution in [2.45, 2.75) is 33.1 Å². The Kier molecular flexibility index (Phi) is 7.92. The molecule has 1 heterocycles. The maximum Gasteiger partial charge on any atom is 0.204 e. The molecule has 0 spiro atoms. The Morgan fingerprint density at radius 3 is 2.85 bits per heavy atom. The van der Waals surface area contributed by atoms with Crippen LogP contribution in [0, 0.1) is 0 Å². The molecule has 0 fully saturated rings. The van der Waals surface area contributed by atoms with E-state index in [-0.39, 0.29) is 12.4 Å². The molecule has 0 radical (unpaired) electrons. The standard InChI is InChI=1S/C16H25NO3/c1-4-6-7-9-14-10-8-11-15(17(14)13-19-3)16(18)12-20-5-2/h7,9-11H,4-6,8,12-13H2,1-3H3/b9-7-. The molecule has 1 rings (SSSR count). The Bertz CT molecular complexity index is 397. The van der Waals surface area contributed by atoms with Crippen LogP contribution in [0.2, 0.25) is 0 Å². The van der Waals surface area contributed by atoms with Gasteiger partial charge in [0.1, 0.15) is 13.3 Å². The van der Waals surface area contributed by atoms with Gasteiger partial charge in [-0.3, -0.25) is 4.79 Å². The van der Waals surface area contributed by atoms with Crippen molar-refractivity contribution in [2.24, 2.45) is 0 Å². The number of ether oxygens (including phenoxy) is 2. The topological polar surface area (TPSA) is 38.8 Å². The average Bonchev–Trinajstić information content (AvgIpc) is 2.46. The minimum Gasteiger partial charge on any atom is -0.374 e. The summed E-state index contributed by atoms with van der Waals surface area (Å²) in [4.78, 5) is 14.1. The van der Waals surface area contributed by atoms with Crippen molar-refractivity contribution in [2.75, 3.05) is 27.1 Å². The lowest BCUT2D eigenvalue weighted by molar-refractivity contribution is -0.121. The molecule has 0 N–H and O–H groups in total. The van der Waals surface area contributed by atoms with Gasteiger partial charge in [0.05, 0.1) is 5.70 Å². The third-order valence-corrected chi connectivity index (χ3v) is 2.97. The molecule has 20 heavy (non-hydrogen) atoms. The summed E-state index contributed by atoms with van der Waals surface area (Å²) in [7, 11) is 1.63. The van der Waals surface area contributed by atoms with Gasteiger partial charge in [0.2, 0.25) is 5.78 Å². The summed E-state index contributed by atoms with van der Waals surface area (Å²) in [5.74, 6) is -0.00149. The number of hydrogen-bond donors (Lipinski definition) is 0. The second kappa shape index (κ2) is 9.50. The molecule has 1 aliphatic heterocycles. The van der Waals surface area contributed by atoms with E-state index >= 15 is 0 Å². The Balaban J connectivity index is 2.79. The van der Waals surface area contributed by atoms with Crippen molar-refractivity contribution in [3.8, 4) is 0 Å². The number of ketones is 1. The summed E-state index contributed by atoms with van der Waals surface area (Å²) in [5, 5.41) is 0. The second-order valence-electron chi connectivity index (χ2n) is 4.55. The quantitative estimate of drug-likeness (QED) is 0.650. The molecule has 0 bridgehead atoms. The summed E-state index contributed by atoms with van der Waals surface area (Å²) < 4.78 is 10.4. The average molecular weight is 279 g/mol. The van der Waals surface area contributed by atoms with Gasteiger partial charge in [-0.15, -0.1) is 0 Å². The van der Waals surface area contributed by atoms with Crippen LogP contribution in [0.25, 0.3) is 0 Å². The highest BCUT2D eigenvalue weighted by Crippen LogP contribution is 2.22. The Labute approximate surface area is 121 Å². The number of hydrogen-bond acceptors (Lipinski definition) is 4. The van der Waals surface area contributed by atoms with Crippen molar-refractivity contribution < 1.29 is 14.3 Å². The van der Waals surface area contributed by atoms with E-state index in [0.29, 0.717) is 19.0 Å². The first-order chi connectivity index (χ1) is 9.74. The van der Waals surface area contributed by atoms with Crippen molar-refractivity contribution >= 4 is 5.78 Å². The van der Waals surface area contributed by atoms with Gasteiger partial charge in [-0.05, 0) is 25.8 Å². The lowest BCUT2D eigenvalue weighted by atomic mass is 10.1. The Hall–Kier alpha value is -1.39. The molecule has 0 atom stereocenters. The number of methoxy groups -OCH3 is 1. The molecule has 0 amide bonds. The third-order valence-electron chi connectivity index (χ3n) is 2.97. The molecule has 112 valence electrons. The molecule has 0 saturated carbocycles. The lowest BCUT2D eigenvalue weighted by Crippen LogP contribution is -2.31. The first-order valence-corrected chi connectivity index (χ1v) is 7.18. The van der Waals surface area contributed by atoms with E-state index < -0.39 is 0 Å². The van der Waals surface area contributed by atoms with Crippen LogP contribution in [-0.4, -0.2) is 37.7 Å². The first kappa shape index (κ1) is 16.7. The molecule has 0 aromatic carbocycles. The summed E-state index contributed by atoms with van der Waals surface area (Å²) in [6.07, 6.45) is 11.1. The van der Waals surface area contributed by atoms with E-state index in [9.17, 15) is 4.79 Å². The number of nitrogens with zero attached hydrogens (tertiary/aromatic N) is 1. The molecular formula is C16H25NO3. The van der Waals surface area contributed by atoms with E-state index in [2.05, 4.69) is 25.2 Å². The normalized spacial score (nSPS) is 15.4. The Morgan fingerprint density at radius 2 is 2.20 bits per heavy atom. The van der Waals surface area contributed by atoms with Gasteiger partial charge in [-0.2, -0.15) is 0 Å². The Morgan fingerprint density at radius 1 is 1.40 bits per heavy atom. The highest BCUT2D eigenvalue weighted by atomic mass is 16.5. The molecule has 0 aromatic rings. The molecule has 0 aromatic heterocycles. The monoisotopic (exact) mass is 279 g/mol. The molecule has 4 nitrogen and oxygen atoms in total. The van der Waals surface area contributed by atoms with Crippen LogP contribution in [0.15, 0.2) is 35.7 Å². The zero-order valence-corrected chi connectivity index (χ0v) is 12.7. The number of allylic oxidation sites excluding steroid dienone is 4. The lowest BCUT2D eigenvalue weighted by Gasteiger charge is -2.29. The molecular weight excluding hydrogens is 254 g/mol. The largest absolute Gasteiger partial charge is 0.374 e. The van der Waals surface area contributed by atoms with Gasteiger partial charge in [0.25, 0.3) is 0 Å². The fraction of sp³-hybridized carbons (Fsp3) is 0.562. The zero-order chi connectivity index (χ0) is 14.8. The predicted molar refractivity (Wildman–Crippen MR) is 80.0 cm³/mol. The molecule has 4 heteroatoms. The van der Waals surface area contributed by atoms with E-state index in [1.54, 1.807) is 7.11 Å². The van der Waals surface area contributed by atoms with E-state index in [0.717, 1.165) is 25.0 Å². The summed E-state index contributed by atoms with van der Waals surface area (Å²) in [6.45, 7) is 5.06. The predicted octanol–water partition coefficient (Wildman–Crippen LogP) is 3.03. The maximum absolute atomic E-state index is 12.2. The number of rotatable bonds is 9. The first-order valence-electron chi connectivity index (χ1n) is 7.18. The fourth-order valence-corrected chi connectivity index (χ4v) is 1.99. The van der Waals surface area contributed by atoms with Crippen molar-refractivity contribution in [1.82, 2.24) is 4.90 Å². The number of Topliss-reactive ketones (excluding diaryl/α,β-unsaturated/α-hetero) is 1. The van der Waals surface area contributed by atoms with Gasteiger partial charge in [-0.1, -0.05) is 31.6 Å². The van der Waals surface area contributed by atoms with Gasteiger partial charge in [0.15, 0.2) is 0 Å². The fourth-order valence-electron chi connectivity index (χ4n) is 1.99. The van der Waals surface area contributed by atoms with Gasteiger partial charge in [0, 0.05) is 19.4 Å². The highest BCUT2D eigenvalue weighted by molar-refractivity contribution is 5.96. The maximum atomic E-state index is 12.2. The minimum atomic E-state index is -0.00149. The minimum absolute atomic E-state index is 0.00149. The van der Waals surface area contributed by atoms with Gasteiger partial charge >= 0.3 is 0 Å². The van der Waals surface area contributed by atoms with E-state index in [1.807, 2.05) is 17.9 Å². The van der Waals surface area contributed by atoms with Crippen molar-refractivity contribution in [1.29, 1.82) is 0 Å². The smallest absolute Gasteiger partial charge is 0.204 e. The number of carbonyl (C=O) groups is 1. The summed E-state index contributed by atoms with van der Waals surface area (Å²) >= 11 is 0.